The van der Waals surface area contributed by atoms with Crippen LogP contribution >= 0.6 is 11.6 Å². The van der Waals surface area contributed by atoms with Crippen molar-refractivity contribution in [3.05, 3.63) is 82.3 Å². The molecular weight excluding hydrogens is 1130 g/mol. The Morgan fingerprint density at radius 3 is 2.24 bits per heavy atom. The number of hydrogen-bond donors (Lipinski definition) is 6. The summed E-state index contributed by atoms with van der Waals surface area (Å²) >= 11 is 6.20. The first-order chi connectivity index (χ1) is 42.0. The largest absolute Gasteiger partial charge is 0.417 e. The van der Waals surface area contributed by atoms with Crippen molar-refractivity contribution in [2.75, 3.05) is 66.5 Å². The third-order valence-corrected chi connectivity index (χ3v) is 21.5. The van der Waals surface area contributed by atoms with E-state index in [2.05, 4.69) is 159 Å². The van der Waals surface area contributed by atoms with Gasteiger partial charge in [-0.3, -0.25) is 14.7 Å². The first kappa shape index (κ1) is 71.8. The van der Waals surface area contributed by atoms with Gasteiger partial charge in [-0.2, -0.15) is 13.2 Å². The first-order valence-electron chi connectivity index (χ1n) is 34.9. The fraction of sp³-hybridized carbons (Fsp3) is 0.775. The van der Waals surface area contributed by atoms with Crippen LogP contribution in [0.1, 0.15) is 196 Å². The molecule has 6 N–H and O–H groups in total. The van der Waals surface area contributed by atoms with E-state index in [9.17, 15) is 18.0 Å². The third-order valence-electron chi connectivity index (χ3n) is 21.2. The van der Waals surface area contributed by atoms with Crippen molar-refractivity contribution in [3.63, 3.8) is 0 Å². The van der Waals surface area contributed by atoms with Crippen LogP contribution < -0.4 is 31.9 Å². The molecule has 1 aromatic carbocycles. The lowest BCUT2D eigenvalue weighted by atomic mass is 9.74. The number of nitrogens with one attached hydrogen (secondary N) is 6. The number of nitrogens with zero attached hydrogens (tertiary/aromatic N) is 6. The van der Waals surface area contributed by atoms with Gasteiger partial charge in [0.25, 0.3) is 0 Å². The summed E-state index contributed by atoms with van der Waals surface area (Å²) in [5.41, 5.74) is 3.42. The summed E-state index contributed by atoms with van der Waals surface area (Å²) in [7, 11) is 4.31. The molecule has 2 saturated carbocycles. The first-order valence-corrected chi connectivity index (χ1v) is 35.2. The third kappa shape index (κ3) is 20.2. The van der Waals surface area contributed by atoms with E-state index >= 15 is 0 Å². The molecule has 0 radical (unpaired) electrons. The molecule has 88 heavy (non-hydrogen) atoms. The summed E-state index contributed by atoms with van der Waals surface area (Å²) in [6, 6.07) is 5.96. The number of rotatable bonds is 11. The van der Waals surface area contributed by atoms with Crippen molar-refractivity contribution < 1.29 is 18.0 Å². The number of carbonyl (C=O) groups is 1. The van der Waals surface area contributed by atoms with Gasteiger partial charge in [-0.25, -0.2) is 0 Å². The van der Waals surface area contributed by atoms with E-state index in [1.165, 1.54) is 68.5 Å². The molecule has 0 aromatic heterocycles. The van der Waals surface area contributed by atoms with E-state index in [-0.39, 0.29) is 70.9 Å². The molecule has 4 aliphatic heterocycles. The molecule has 1 amide bonds. The Morgan fingerprint density at radius 1 is 0.841 bits per heavy atom. The summed E-state index contributed by atoms with van der Waals surface area (Å²) in [6.07, 6.45) is 27.4. The molecule has 5 fully saturated rings. The number of piperidine rings is 1. The van der Waals surface area contributed by atoms with Crippen LogP contribution in [0, 0.1) is 29.6 Å². The number of alkyl halides is 3. The smallest absolute Gasteiger partial charge is 0.369 e. The molecule has 6 aliphatic rings. The highest BCUT2D eigenvalue weighted by Gasteiger charge is 2.55. The quantitative estimate of drug-likeness (QED) is 0.127. The minimum atomic E-state index is -4.51. The van der Waals surface area contributed by atoms with Crippen LogP contribution in [0.15, 0.2) is 71.2 Å². The number of allylic oxidation sites excluding steroid dienone is 4. The zero-order chi connectivity index (χ0) is 63.7. The van der Waals surface area contributed by atoms with Crippen LogP contribution in [0.5, 0.6) is 0 Å². The fourth-order valence-corrected chi connectivity index (χ4v) is 16.0. The van der Waals surface area contributed by atoms with Crippen molar-refractivity contribution in [3.8, 4) is 0 Å². The number of halogens is 4. The van der Waals surface area contributed by atoms with Gasteiger partial charge in [0.2, 0.25) is 5.91 Å². The number of likely N-dealkylation sites (tertiary alicyclic amines) is 1. The monoisotopic (exact) mass is 1250 g/mol. The fourth-order valence-electron chi connectivity index (χ4n) is 15.7. The van der Waals surface area contributed by atoms with E-state index in [1.807, 2.05) is 24.7 Å². The standard InChI is InChI=1S/C71H120ClF3N12O/c1-14-51(6)65-44-80-64(41-49(2)3)53(8)79-45-66-67(69(88)85-37-20-15-21-38-85)56(11)87(66)68(50(4)5)54(9)82-70(31-18-19-32-70)48-77-35-34-76-33-30-59(28-26-58-27-29-62(63(72)43-58)71(73,74)75)78-36-40-83(12)46-61(42-57-23-16-17-24-57)84(13)47-60-25-22-39-86(60)55(10)52(7)81-65/h27,29-30,33,36,40,43,46-47,49-57,64-68,77-82H,14-26,28,31-32,34-35,37-39,41-42,44-45,48H2,1-13H3/t51-,52?,53?,54?,55-,56?,64-,65+,66?,67-,68-/m0/s1. The molecule has 1 spiro atoms. The van der Waals surface area contributed by atoms with Crippen LogP contribution in [0.4, 0.5) is 13.2 Å². The van der Waals surface area contributed by atoms with Crippen LogP contribution in [-0.2, 0) is 17.4 Å². The summed E-state index contributed by atoms with van der Waals surface area (Å²) in [6.45, 7) is 32.7. The Morgan fingerprint density at radius 2 is 1.57 bits per heavy atom. The van der Waals surface area contributed by atoms with E-state index in [0.29, 0.717) is 49.0 Å². The lowest BCUT2D eigenvalue weighted by molar-refractivity contribution is -0.162. The summed E-state index contributed by atoms with van der Waals surface area (Å²) in [5.74, 6) is 2.31. The number of benzene rings is 1. The van der Waals surface area contributed by atoms with Crippen LogP contribution in [-0.4, -0.2) is 163 Å². The average Bonchev–Trinajstić information content (AvgIpc) is 1.21. The Bertz CT molecular complexity index is 2450. The Hall–Kier alpha value is -3.64. The molecule has 7 rings (SSSR count). The average molecular weight is 1250 g/mol. The molecule has 4 heterocycles. The second kappa shape index (κ2) is 34.3. The SMILES string of the molecule is CC[C@H](C)[C@H]1CN[C@@H](CC(C)C)C(C)NCC2[C@@H](C(=O)N3CCCCC3)C(C)N2[C@@H](C(C)C)C(C)NC2(CCCC2)CNCCN=CC=C(CCc2ccc(C(F)(F)F)c(Cl)c2)NC=CN(C)C=C(CC2CCCC2)N(C)C=C2CCCN2[C@@H](C)C(C)N1. The number of aryl methyl sites for hydroxylation is 1. The number of amides is 1. The molecule has 17 heteroatoms. The number of carbonyl (C=O) groups excluding carboxylic acids is 1. The lowest BCUT2D eigenvalue weighted by Crippen LogP contribution is -2.76. The van der Waals surface area contributed by atoms with E-state index in [1.54, 1.807) is 0 Å². The Balaban J connectivity index is 1.18. The van der Waals surface area contributed by atoms with Gasteiger partial charge in [-0.05, 0) is 153 Å². The van der Waals surface area contributed by atoms with Crippen molar-refractivity contribution in [2.45, 2.75) is 258 Å². The predicted octanol–water partition coefficient (Wildman–Crippen LogP) is 12.9. The Labute approximate surface area is 536 Å². The van der Waals surface area contributed by atoms with Gasteiger partial charge in [-0.1, -0.05) is 104 Å². The molecule has 11 atom stereocenters. The number of fused-ring (bicyclic) bond motifs is 2. The zero-order valence-corrected chi connectivity index (χ0v) is 57.5. The highest BCUT2D eigenvalue weighted by atomic mass is 35.5. The molecule has 1 aromatic rings. The van der Waals surface area contributed by atoms with Crippen molar-refractivity contribution in [1.29, 1.82) is 0 Å². The Kier molecular flexibility index (Phi) is 28.0. The van der Waals surface area contributed by atoms with Crippen LogP contribution in [0.25, 0.3) is 0 Å². The van der Waals surface area contributed by atoms with Gasteiger partial charge in [0.1, 0.15) is 0 Å². The van der Waals surface area contributed by atoms with E-state index in [0.717, 1.165) is 121 Å². The number of hydrogen-bond acceptors (Lipinski definition) is 12. The number of aliphatic imine (C=N–C) groups is 1. The summed E-state index contributed by atoms with van der Waals surface area (Å²) < 4.78 is 41.0. The van der Waals surface area contributed by atoms with Gasteiger partial charge in [0.05, 0.1) is 23.0 Å². The molecular formula is C71H120ClF3N12O. The normalized spacial score (nSPS) is 30.1. The molecule has 13 nitrogen and oxygen atoms in total. The molecule has 2 aliphatic carbocycles. The maximum atomic E-state index is 14.8. The predicted molar refractivity (Wildman–Crippen MR) is 361 cm³/mol. The topological polar surface area (TPSA) is 118 Å². The van der Waals surface area contributed by atoms with Gasteiger partial charge >= 0.3 is 6.18 Å². The highest BCUT2D eigenvalue weighted by molar-refractivity contribution is 6.31. The maximum Gasteiger partial charge on any atom is 0.417 e. The lowest BCUT2D eigenvalue weighted by Gasteiger charge is -2.60. The highest BCUT2D eigenvalue weighted by Crippen LogP contribution is 2.41. The summed E-state index contributed by atoms with van der Waals surface area (Å²) in [4.78, 5) is 31.8. The van der Waals surface area contributed by atoms with Crippen molar-refractivity contribution >= 4 is 23.7 Å². The second-order valence-corrected chi connectivity index (χ2v) is 29.1. The van der Waals surface area contributed by atoms with Crippen LogP contribution in [0.3, 0.4) is 0 Å². The van der Waals surface area contributed by atoms with E-state index < -0.39 is 11.7 Å². The molecule has 5 unspecified atom stereocenters. The van der Waals surface area contributed by atoms with E-state index in [4.69, 9.17) is 16.6 Å². The van der Waals surface area contributed by atoms with Crippen LogP contribution in [0.2, 0.25) is 5.02 Å². The van der Waals surface area contributed by atoms with Gasteiger partial charge in [-0.15, -0.1) is 0 Å². The summed E-state index contributed by atoms with van der Waals surface area (Å²) in [5, 5.41) is 23.9. The maximum absolute atomic E-state index is 14.8. The van der Waals surface area contributed by atoms with Gasteiger partial charge in [0.15, 0.2) is 0 Å². The zero-order valence-electron chi connectivity index (χ0n) is 56.8. The minimum Gasteiger partial charge on any atom is -0.369 e. The molecule has 498 valence electrons. The van der Waals surface area contributed by atoms with Crippen molar-refractivity contribution in [2.24, 2.45) is 34.6 Å². The minimum absolute atomic E-state index is 0.0481. The van der Waals surface area contributed by atoms with Gasteiger partial charge in [0, 0.05) is 168 Å². The molecule has 0 bridgehead atoms. The second-order valence-electron chi connectivity index (χ2n) is 28.7. The van der Waals surface area contributed by atoms with Gasteiger partial charge < -0.3 is 51.5 Å². The van der Waals surface area contributed by atoms with Crippen molar-refractivity contribution in [1.82, 2.24) is 56.4 Å². The molecule has 3 saturated heterocycles.